The van der Waals surface area contributed by atoms with Gasteiger partial charge in [0.15, 0.2) is 0 Å². The van der Waals surface area contributed by atoms with E-state index in [0.29, 0.717) is 12.1 Å². The molecule has 106 valence electrons. The number of primary amides is 1. The van der Waals surface area contributed by atoms with Crippen LogP contribution < -0.4 is 11.1 Å². The van der Waals surface area contributed by atoms with Gasteiger partial charge in [0.1, 0.15) is 0 Å². The Morgan fingerprint density at radius 2 is 2.14 bits per heavy atom. The van der Waals surface area contributed by atoms with Crippen molar-refractivity contribution in [3.63, 3.8) is 0 Å². The molecule has 5 nitrogen and oxygen atoms in total. The van der Waals surface area contributed by atoms with E-state index in [1.54, 1.807) is 17.9 Å². The number of benzene rings is 1. The Hall–Kier alpha value is -2.60. The highest BCUT2D eigenvalue weighted by molar-refractivity contribution is 7.10. The fraction of sp³-hybridized carbons (Fsp3) is 0.0667. The van der Waals surface area contributed by atoms with Crippen LogP contribution in [0.4, 0.5) is 5.69 Å². The average molecular weight is 298 g/mol. The van der Waals surface area contributed by atoms with Crippen LogP contribution in [-0.4, -0.2) is 15.9 Å². The number of carbonyl (C=O) groups is 1. The molecule has 6 heteroatoms. The number of aromatic nitrogens is 2. The number of rotatable bonds is 5. The lowest BCUT2D eigenvalue weighted by atomic mass is 10.1. The van der Waals surface area contributed by atoms with Gasteiger partial charge in [-0.2, -0.15) is 0 Å². The van der Waals surface area contributed by atoms with Crippen LogP contribution in [0.2, 0.25) is 0 Å². The molecule has 0 aliphatic rings. The molecule has 21 heavy (non-hydrogen) atoms. The van der Waals surface area contributed by atoms with Gasteiger partial charge in [0.2, 0.25) is 5.91 Å². The fourth-order valence-electron chi connectivity index (χ4n) is 1.97. The van der Waals surface area contributed by atoms with Gasteiger partial charge in [-0.3, -0.25) is 4.79 Å². The summed E-state index contributed by atoms with van der Waals surface area (Å²) in [5, 5.41) is 5.10. The summed E-state index contributed by atoms with van der Waals surface area (Å²) < 4.78 is 0. The average Bonchev–Trinajstić information content (AvgIpc) is 3.17. The number of nitrogens with two attached hydrogens (primary N) is 1. The van der Waals surface area contributed by atoms with E-state index < -0.39 is 0 Å². The fourth-order valence-corrected chi connectivity index (χ4v) is 2.79. The first-order valence-corrected chi connectivity index (χ1v) is 7.30. The number of thiophene rings is 1. The Bertz CT molecular complexity index is 731. The van der Waals surface area contributed by atoms with E-state index in [9.17, 15) is 4.79 Å². The van der Waals surface area contributed by atoms with Crippen LogP contribution in [0, 0.1) is 0 Å². The zero-order valence-electron chi connectivity index (χ0n) is 11.2. The zero-order valence-corrected chi connectivity index (χ0v) is 12.0. The van der Waals surface area contributed by atoms with Crippen molar-refractivity contribution in [2.24, 2.45) is 5.73 Å². The number of nitrogens with zero attached hydrogens (tertiary/aromatic N) is 1. The summed E-state index contributed by atoms with van der Waals surface area (Å²) in [6, 6.07) is 9.90. The first kappa shape index (κ1) is 13.4. The van der Waals surface area contributed by atoms with E-state index >= 15 is 0 Å². The normalized spacial score (nSPS) is 10.5. The summed E-state index contributed by atoms with van der Waals surface area (Å²) >= 11 is 1.52. The Morgan fingerprint density at radius 3 is 2.76 bits per heavy atom. The van der Waals surface area contributed by atoms with Crippen LogP contribution in [0.1, 0.15) is 15.2 Å². The minimum Gasteiger partial charge on any atom is -0.380 e. The van der Waals surface area contributed by atoms with Crippen molar-refractivity contribution in [2.75, 3.05) is 5.32 Å². The van der Waals surface area contributed by atoms with Gasteiger partial charge in [-0.15, -0.1) is 11.3 Å². The van der Waals surface area contributed by atoms with E-state index in [-0.39, 0.29) is 5.91 Å². The molecule has 4 N–H and O–H groups in total. The number of hydrogen-bond donors (Lipinski definition) is 3. The first-order valence-electron chi connectivity index (χ1n) is 6.42. The highest BCUT2D eigenvalue weighted by Gasteiger charge is 2.04. The molecule has 3 aromatic rings. The molecule has 0 radical (unpaired) electrons. The Morgan fingerprint density at radius 1 is 1.33 bits per heavy atom. The molecule has 2 aromatic heterocycles. The minimum absolute atomic E-state index is 0.388. The minimum atomic E-state index is -0.388. The number of anilines is 1. The van der Waals surface area contributed by atoms with Crippen LogP contribution in [0.25, 0.3) is 11.3 Å². The maximum atomic E-state index is 11.0. The summed E-state index contributed by atoms with van der Waals surface area (Å²) in [6.45, 7) is 0.668. The van der Waals surface area contributed by atoms with Crippen molar-refractivity contribution in [3.05, 3.63) is 58.7 Å². The summed E-state index contributed by atoms with van der Waals surface area (Å²) in [6.07, 6.45) is 3.45. The number of hydrogen-bond acceptors (Lipinski definition) is 4. The van der Waals surface area contributed by atoms with Gasteiger partial charge in [0.05, 0.1) is 23.8 Å². The number of carbonyl (C=O) groups excluding carboxylic acids is 1. The van der Waals surface area contributed by atoms with Crippen molar-refractivity contribution < 1.29 is 4.79 Å². The molecule has 0 spiro atoms. The molecule has 0 saturated heterocycles. The molecule has 0 atom stereocenters. The lowest BCUT2D eigenvalue weighted by Crippen LogP contribution is -2.09. The summed E-state index contributed by atoms with van der Waals surface area (Å²) in [5.41, 5.74) is 8.90. The number of amides is 1. The smallest absolute Gasteiger partial charge is 0.249 e. The van der Waals surface area contributed by atoms with Crippen LogP contribution in [0.3, 0.4) is 0 Å². The number of aromatic amines is 1. The molecule has 0 fully saturated rings. The molecular weight excluding hydrogens is 284 g/mol. The van der Waals surface area contributed by atoms with Crippen molar-refractivity contribution in [1.29, 1.82) is 0 Å². The molecule has 0 bridgehead atoms. The monoisotopic (exact) mass is 298 g/mol. The lowest BCUT2D eigenvalue weighted by molar-refractivity contribution is 0.100. The molecule has 0 saturated carbocycles. The first-order chi connectivity index (χ1) is 10.2. The Balaban J connectivity index is 1.64. The maximum absolute atomic E-state index is 11.0. The van der Waals surface area contributed by atoms with Gasteiger partial charge < -0.3 is 16.0 Å². The van der Waals surface area contributed by atoms with Gasteiger partial charge in [-0.1, -0.05) is 12.1 Å². The second kappa shape index (κ2) is 5.80. The maximum Gasteiger partial charge on any atom is 0.249 e. The number of nitrogens with one attached hydrogen (secondary N) is 2. The van der Waals surface area contributed by atoms with Crippen LogP contribution in [0.15, 0.2) is 48.2 Å². The number of H-pyrrole nitrogens is 1. The summed E-state index contributed by atoms with van der Waals surface area (Å²) in [5.74, 6) is -0.388. The topological polar surface area (TPSA) is 83.8 Å². The summed E-state index contributed by atoms with van der Waals surface area (Å²) in [7, 11) is 0. The third-order valence-corrected chi connectivity index (χ3v) is 4.04. The molecule has 1 amide bonds. The predicted octanol–water partition coefficient (Wildman–Crippen LogP) is 2.85. The number of imidazole rings is 1. The molecule has 2 heterocycles. The van der Waals surface area contributed by atoms with E-state index in [0.717, 1.165) is 21.8 Å². The van der Waals surface area contributed by atoms with E-state index in [1.165, 1.54) is 11.3 Å². The Labute approximate surface area is 125 Å². The molecule has 0 aliphatic carbocycles. The van der Waals surface area contributed by atoms with E-state index in [4.69, 9.17) is 5.73 Å². The van der Waals surface area contributed by atoms with E-state index in [2.05, 4.69) is 15.3 Å². The lowest BCUT2D eigenvalue weighted by Gasteiger charge is -2.05. The molecule has 1 aromatic carbocycles. The van der Waals surface area contributed by atoms with Gasteiger partial charge in [0.25, 0.3) is 0 Å². The SMILES string of the molecule is NC(=O)c1csc(CNc2ccc(-c3cnc[nH]3)cc2)c1. The van der Waals surface area contributed by atoms with Gasteiger partial charge in [0, 0.05) is 22.5 Å². The van der Waals surface area contributed by atoms with Crippen LogP contribution in [-0.2, 0) is 6.54 Å². The highest BCUT2D eigenvalue weighted by Crippen LogP contribution is 2.20. The van der Waals surface area contributed by atoms with Crippen molar-refractivity contribution in [2.45, 2.75) is 6.54 Å². The van der Waals surface area contributed by atoms with Gasteiger partial charge >= 0.3 is 0 Å². The molecule has 0 aliphatic heterocycles. The van der Waals surface area contributed by atoms with Gasteiger partial charge in [-0.05, 0) is 23.8 Å². The van der Waals surface area contributed by atoms with E-state index in [1.807, 2.05) is 30.3 Å². The highest BCUT2D eigenvalue weighted by atomic mass is 32.1. The quantitative estimate of drug-likeness (QED) is 0.677. The molecule has 0 unspecified atom stereocenters. The predicted molar refractivity (Wildman–Crippen MR) is 84.2 cm³/mol. The summed E-state index contributed by atoms with van der Waals surface area (Å²) in [4.78, 5) is 19.2. The van der Waals surface area contributed by atoms with Crippen LogP contribution >= 0.6 is 11.3 Å². The third kappa shape index (κ3) is 3.11. The molecule has 3 rings (SSSR count). The Kier molecular flexibility index (Phi) is 3.70. The van der Waals surface area contributed by atoms with Crippen molar-refractivity contribution in [3.8, 4) is 11.3 Å². The standard InChI is InChI=1S/C15H14N4OS/c16-15(20)11-5-13(21-8-11)6-18-12-3-1-10(2-4-12)14-7-17-9-19-14/h1-5,7-9,18H,6H2,(H2,16,20)(H,17,19). The van der Waals surface area contributed by atoms with Crippen LogP contribution in [0.5, 0.6) is 0 Å². The van der Waals surface area contributed by atoms with Crippen molar-refractivity contribution >= 4 is 22.9 Å². The molecular formula is C15H14N4OS. The zero-order chi connectivity index (χ0) is 14.7. The second-order valence-corrected chi connectivity index (χ2v) is 5.56. The van der Waals surface area contributed by atoms with Crippen molar-refractivity contribution in [1.82, 2.24) is 9.97 Å². The van der Waals surface area contributed by atoms with Gasteiger partial charge in [-0.25, -0.2) is 4.98 Å². The third-order valence-electron chi connectivity index (χ3n) is 3.10. The largest absolute Gasteiger partial charge is 0.380 e. The second-order valence-electron chi connectivity index (χ2n) is 4.56.